The number of nitrogens with zero attached hydrogens (tertiary/aromatic N) is 4. The average molecular weight is 380 g/mol. The highest BCUT2D eigenvalue weighted by molar-refractivity contribution is 7.89. The zero-order chi connectivity index (χ0) is 18.8. The molecule has 1 fully saturated rings. The number of amides is 1. The fraction of sp³-hybridized carbons (Fsp3) is 0.412. The second kappa shape index (κ2) is 7.75. The first-order valence-electron chi connectivity index (χ1n) is 8.12. The van der Waals surface area contributed by atoms with Crippen LogP contribution in [0.1, 0.15) is 11.5 Å². The highest BCUT2D eigenvalue weighted by Crippen LogP contribution is 2.36. The van der Waals surface area contributed by atoms with Crippen LogP contribution in [-0.4, -0.2) is 56.6 Å². The number of aryl methyl sites for hydroxylation is 1. The van der Waals surface area contributed by atoms with Crippen LogP contribution in [0.5, 0.6) is 0 Å². The maximum Gasteiger partial charge on any atom is 0.283 e. The van der Waals surface area contributed by atoms with Crippen LogP contribution in [-0.2, 0) is 28.0 Å². The van der Waals surface area contributed by atoms with Crippen LogP contribution >= 0.6 is 0 Å². The van der Waals surface area contributed by atoms with Gasteiger partial charge in [0.2, 0.25) is 0 Å². The van der Waals surface area contributed by atoms with E-state index in [0.717, 1.165) is 5.56 Å². The summed E-state index contributed by atoms with van der Waals surface area (Å²) < 4.78 is 29.6. The average Bonchev–Trinajstić information content (AvgIpc) is 3.27. The topological polar surface area (TPSA) is 73.7 Å². The van der Waals surface area contributed by atoms with Crippen molar-refractivity contribution in [3.8, 4) is 0 Å². The Morgan fingerprint density at radius 1 is 1.38 bits per heavy atom. The molecule has 0 N–H and O–H groups in total. The molecule has 0 spiro atoms. The minimum Gasteiger partial charge on any atom is -0.591 e. The van der Waals surface area contributed by atoms with Crippen LogP contribution in [0.2, 0.25) is 0 Å². The van der Waals surface area contributed by atoms with Gasteiger partial charge in [-0.3, -0.25) is 9.63 Å². The molecule has 9 heteroatoms. The van der Waals surface area contributed by atoms with Gasteiger partial charge in [-0.2, -0.15) is 4.98 Å². The minimum absolute atomic E-state index is 0.206. The first kappa shape index (κ1) is 18.8. The van der Waals surface area contributed by atoms with Gasteiger partial charge in [0.05, 0.1) is 38.6 Å². The number of carbonyl (C=O) groups excluding carboxylic acids is 1. The van der Waals surface area contributed by atoms with Crippen molar-refractivity contribution in [1.29, 1.82) is 0 Å². The van der Waals surface area contributed by atoms with Crippen molar-refractivity contribution in [3.63, 3.8) is 0 Å². The van der Waals surface area contributed by atoms with Gasteiger partial charge in [0.25, 0.3) is 10.9 Å². The molecule has 7 nitrogen and oxygen atoms in total. The van der Waals surface area contributed by atoms with Crippen molar-refractivity contribution in [3.05, 3.63) is 48.2 Å². The minimum atomic E-state index is -1.47. The molecule has 1 unspecified atom stereocenters. The Hall–Kier alpha value is -1.94. The van der Waals surface area contributed by atoms with Gasteiger partial charge >= 0.3 is 0 Å². The molecule has 0 radical (unpaired) electrons. The third-order valence-electron chi connectivity index (χ3n) is 4.58. The Morgan fingerprint density at radius 2 is 2.08 bits per heavy atom. The maximum atomic E-state index is 13.3. The molecule has 2 heterocycles. The smallest absolute Gasteiger partial charge is 0.283 e. The van der Waals surface area contributed by atoms with E-state index >= 15 is 0 Å². The van der Waals surface area contributed by atoms with Crippen LogP contribution in [0.3, 0.4) is 0 Å². The summed E-state index contributed by atoms with van der Waals surface area (Å²) in [6.45, 7) is 0.709. The Morgan fingerprint density at radius 3 is 2.65 bits per heavy atom. The van der Waals surface area contributed by atoms with Crippen molar-refractivity contribution < 1.29 is 18.6 Å². The Bertz CT molecular complexity index is 770. The van der Waals surface area contributed by atoms with Crippen LogP contribution in [0.15, 0.2) is 41.8 Å². The van der Waals surface area contributed by atoms with E-state index in [4.69, 9.17) is 4.84 Å². The quantitative estimate of drug-likeness (QED) is 0.578. The van der Waals surface area contributed by atoms with E-state index < -0.39 is 17.3 Å². The Labute approximate surface area is 154 Å². The summed E-state index contributed by atoms with van der Waals surface area (Å²) in [4.78, 5) is 21.9. The number of hydrogen-bond donors (Lipinski definition) is 0. The van der Waals surface area contributed by atoms with Gasteiger partial charge in [0.15, 0.2) is 0 Å². The lowest BCUT2D eigenvalue weighted by Gasteiger charge is -2.22. The van der Waals surface area contributed by atoms with Gasteiger partial charge in [0.1, 0.15) is 17.2 Å². The van der Waals surface area contributed by atoms with Gasteiger partial charge in [-0.05, 0) is 17.7 Å². The maximum absolute atomic E-state index is 13.3. The predicted octanol–water partition coefficient (Wildman–Crippen LogP) is 1.32. The first-order valence-corrected chi connectivity index (χ1v) is 9.23. The van der Waals surface area contributed by atoms with E-state index in [1.165, 1.54) is 24.3 Å². The van der Waals surface area contributed by atoms with Crippen LogP contribution in [0.25, 0.3) is 0 Å². The molecule has 3 atom stereocenters. The number of hydrogen-bond acceptors (Lipinski definition) is 5. The summed E-state index contributed by atoms with van der Waals surface area (Å²) >= 11 is -1.47. The second-order valence-corrected chi connectivity index (χ2v) is 7.69. The van der Waals surface area contributed by atoms with Crippen molar-refractivity contribution >= 4 is 17.3 Å². The number of hydroxylamine groups is 2. The summed E-state index contributed by atoms with van der Waals surface area (Å²) in [6, 6.07) is 6.07. The van der Waals surface area contributed by atoms with Gasteiger partial charge in [0, 0.05) is 20.0 Å². The van der Waals surface area contributed by atoms with E-state index in [1.54, 1.807) is 47.6 Å². The molecule has 26 heavy (non-hydrogen) atoms. The molecule has 2 aromatic rings. The molecular weight excluding hydrogens is 359 g/mol. The van der Waals surface area contributed by atoms with Gasteiger partial charge in [-0.1, -0.05) is 12.1 Å². The van der Waals surface area contributed by atoms with Crippen LogP contribution < -0.4 is 0 Å². The molecule has 1 aliphatic heterocycles. The predicted molar refractivity (Wildman–Crippen MR) is 93.6 cm³/mol. The lowest BCUT2D eigenvalue weighted by atomic mass is 9.88. The molecule has 140 valence electrons. The van der Waals surface area contributed by atoms with Crippen molar-refractivity contribution in [2.45, 2.75) is 10.9 Å². The lowest BCUT2D eigenvalue weighted by molar-refractivity contribution is -0.173. The lowest BCUT2D eigenvalue weighted by Crippen LogP contribution is -2.36. The summed E-state index contributed by atoms with van der Waals surface area (Å²) in [7, 11) is 4.77. The van der Waals surface area contributed by atoms with Crippen molar-refractivity contribution in [2.75, 3.05) is 27.2 Å². The number of benzene rings is 1. The van der Waals surface area contributed by atoms with Gasteiger partial charge in [-0.15, -0.1) is 4.31 Å². The molecule has 0 aliphatic carbocycles. The molecule has 1 aliphatic rings. The van der Waals surface area contributed by atoms with E-state index in [1.807, 2.05) is 0 Å². The normalized spacial score (nSPS) is 21.7. The molecule has 0 saturated carbocycles. The largest absolute Gasteiger partial charge is 0.591 e. The first-order chi connectivity index (χ1) is 12.4. The molecule has 1 amide bonds. The molecule has 1 aromatic heterocycles. The number of rotatable bonds is 5. The standard InChI is InChI=1S/C17H21FN4O3S/c1-20-10-16(19-11-20)26(24)22-8-14(12-4-6-13(18)7-5-12)15(9-22)17(23)21(2)25-3/h4-7,10-11,14-15H,8-9H2,1-3H3/t14-,15+,26?/m0/s1. The molecule has 1 saturated heterocycles. The SMILES string of the molecule is CON(C)C(=O)[C@@H]1CN([S+]([O-])c2cn(C)cn2)C[C@H]1c1ccc(F)cc1. The highest BCUT2D eigenvalue weighted by Gasteiger charge is 2.45. The van der Waals surface area contributed by atoms with Crippen molar-refractivity contribution in [1.82, 2.24) is 18.9 Å². The van der Waals surface area contributed by atoms with E-state index in [9.17, 15) is 13.7 Å². The van der Waals surface area contributed by atoms with Crippen LogP contribution in [0.4, 0.5) is 4.39 Å². The monoisotopic (exact) mass is 380 g/mol. The molecule has 1 aromatic carbocycles. The van der Waals surface area contributed by atoms with Gasteiger partial charge in [-0.25, -0.2) is 9.45 Å². The Kier molecular flexibility index (Phi) is 5.61. The number of carbonyl (C=O) groups is 1. The molecular formula is C17H21FN4O3S. The Balaban J connectivity index is 1.87. The van der Waals surface area contributed by atoms with Crippen LogP contribution in [0, 0.1) is 11.7 Å². The summed E-state index contributed by atoms with van der Waals surface area (Å²) in [5.41, 5.74) is 0.828. The van der Waals surface area contributed by atoms with Crippen molar-refractivity contribution in [2.24, 2.45) is 13.0 Å². The third-order valence-corrected chi connectivity index (χ3v) is 5.92. The fourth-order valence-electron chi connectivity index (χ4n) is 3.14. The van der Waals surface area contributed by atoms with E-state index in [0.29, 0.717) is 18.1 Å². The molecule has 0 bridgehead atoms. The number of aromatic nitrogens is 2. The summed E-state index contributed by atoms with van der Waals surface area (Å²) in [6.07, 6.45) is 3.28. The fourth-order valence-corrected chi connectivity index (χ4v) is 4.39. The number of halogens is 1. The highest BCUT2D eigenvalue weighted by atomic mass is 32.2. The number of imidazole rings is 1. The van der Waals surface area contributed by atoms with Gasteiger partial charge < -0.3 is 9.12 Å². The molecule has 3 rings (SSSR count). The van der Waals surface area contributed by atoms with E-state index in [-0.39, 0.29) is 17.6 Å². The summed E-state index contributed by atoms with van der Waals surface area (Å²) in [5.74, 6) is -1.20. The zero-order valence-electron chi connectivity index (χ0n) is 14.8. The summed E-state index contributed by atoms with van der Waals surface area (Å²) in [5, 5.41) is 1.62. The zero-order valence-corrected chi connectivity index (χ0v) is 15.6. The third kappa shape index (κ3) is 3.75. The second-order valence-electron chi connectivity index (χ2n) is 6.26. The van der Waals surface area contributed by atoms with E-state index in [2.05, 4.69) is 4.98 Å².